The van der Waals surface area contributed by atoms with E-state index < -0.39 is 0 Å². The molecule has 21 heavy (non-hydrogen) atoms. The molecule has 0 spiro atoms. The number of pyridine rings is 1. The Hall–Kier alpha value is -1.42. The molecule has 2 heterocycles. The Labute approximate surface area is 126 Å². The third kappa shape index (κ3) is 3.10. The van der Waals surface area contributed by atoms with Gasteiger partial charge in [-0.05, 0) is 62.6 Å². The zero-order chi connectivity index (χ0) is 14.7. The SMILES string of the molecule is NCC1CCC(C(=O)N2CCCC2c2cccnc2)CC1. The van der Waals surface area contributed by atoms with Crippen LogP contribution < -0.4 is 5.73 Å². The molecule has 1 atom stereocenters. The number of amides is 1. The second kappa shape index (κ2) is 6.56. The van der Waals surface area contributed by atoms with E-state index in [0.29, 0.717) is 11.8 Å². The molecule has 0 aromatic carbocycles. The van der Waals surface area contributed by atoms with Gasteiger partial charge in [-0.3, -0.25) is 9.78 Å². The Kier molecular flexibility index (Phi) is 4.54. The summed E-state index contributed by atoms with van der Waals surface area (Å²) in [6.45, 7) is 1.66. The fraction of sp³-hybridized carbons (Fsp3) is 0.647. The van der Waals surface area contributed by atoms with Gasteiger partial charge in [-0.1, -0.05) is 6.07 Å². The Balaban J connectivity index is 1.67. The number of aromatic nitrogens is 1. The van der Waals surface area contributed by atoms with Gasteiger partial charge in [0.05, 0.1) is 6.04 Å². The van der Waals surface area contributed by atoms with Gasteiger partial charge < -0.3 is 10.6 Å². The van der Waals surface area contributed by atoms with Gasteiger partial charge in [-0.15, -0.1) is 0 Å². The van der Waals surface area contributed by atoms with Crippen LogP contribution in [0.15, 0.2) is 24.5 Å². The van der Waals surface area contributed by atoms with Crippen LogP contribution in [-0.4, -0.2) is 28.9 Å². The number of hydrogen-bond acceptors (Lipinski definition) is 3. The van der Waals surface area contributed by atoms with E-state index in [1.807, 2.05) is 12.3 Å². The van der Waals surface area contributed by atoms with E-state index >= 15 is 0 Å². The average Bonchev–Trinajstić information content (AvgIpc) is 3.04. The molecule has 2 N–H and O–H groups in total. The second-order valence-corrected chi connectivity index (χ2v) is 6.43. The number of likely N-dealkylation sites (tertiary alicyclic amines) is 1. The number of nitrogens with two attached hydrogens (primary N) is 1. The molecule has 1 amide bonds. The maximum absolute atomic E-state index is 12.9. The minimum absolute atomic E-state index is 0.213. The maximum Gasteiger partial charge on any atom is 0.226 e. The van der Waals surface area contributed by atoms with Crippen molar-refractivity contribution in [3.05, 3.63) is 30.1 Å². The summed E-state index contributed by atoms with van der Waals surface area (Å²) in [5.41, 5.74) is 6.92. The Morgan fingerprint density at radius 3 is 2.76 bits per heavy atom. The van der Waals surface area contributed by atoms with Crippen LogP contribution in [-0.2, 0) is 4.79 Å². The largest absolute Gasteiger partial charge is 0.335 e. The third-order valence-electron chi connectivity index (χ3n) is 5.13. The van der Waals surface area contributed by atoms with Crippen LogP contribution in [0.4, 0.5) is 0 Å². The lowest BCUT2D eigenvalue weighted by Gasteiger charge is -2.32. The monoisotopic (exact) mass is 287 g/mol. The molecule has 1 aromatic heterocycles. The number of nitrogens with zero attached hydrogens (tertiary/aromatic N) is 2. The molecule has 1 aliphatic carbocycles. The summed E-state index contributed by atoms with van der Waals surface area (Å²) >= 11 is 0. The van der Waals surface area contributed by atoms with Crippen molar-refractivity contribution in [2.24, 2.45) is 17.6 Å². The summed E-state index contributed by atoms with van der Waals surface area (Å²) < 4.78 is 0. The van der Waals surface area contributed by atoms with Crippen molar-refractivity contribution in [3.63, 3.8) is 0 Å². The van der Waals surface area contributed by atoms with Crippen molar-refractivity contribution in [1.29, 1.82) is 0 Å². The number of carbonyl (C=O) groups is 1. The molecular weight excluding hydrogens is 262 g/mol. The second-order valence-electron chi connectivity index (χ2n) is 6.43. The maximum atomic E-state index is 12.9. The highest BCUT2D eigenvalue weighted by Crippen LogP contribution is 2.36. The van der Waals surface area contributed by atoms with E-state index in [2.05, 4.69) is 16.0 Å². The number of carbonyl (C=O) groups excluding carboxylic acids is 1. The quantitative estimate of drug-likeness (QED) is 0.929. The standard InChI is InChI=1S/C17H25N3O/c18-11-13-5-7-14(8-6-13)17(21)20-10-2-4-16(20)15-3-1-9-19-12-15/h1,3,9,12-14,16H,2,4-8,10-11,18H2. The summed E-state index contributed by atoms with van der Waals surface area (Å²) in [4.78, 5) is 19.2. The first-order valence-corrected chi connectivity index (χ1v) is 8.20. The molecule has 0 radical (unpaired) electrons. The van der Waals surface area contributed by atoms with E-state index in [1.165, 1.54) is 5.56 Å². The zero-order valence-electron chi connectivity index (χ0n) is 12.6. The van der Waals surface area contributed by atoms with E-state index in [4.69, 9.17) is 5.73 Å². The van der Waals surface area contributed by atoms with Gasteiger partial charge in [-0.25, -0.2) is 0 Å². The molecule has 114 valence electrons. The van der Waals surface area contributed by atoms with Crippen molar-refractivity contribution >= 4 is 5.91 Å². The highest BCUT2D eigenvalue weighted by molar-refractivity contribution is 5.79. The molecule has 1 aliphatic heterocycles. The topological polar surface area (TPSA) is 59.2 Å². The zero-order valence-corrected chi connectivity index (χ0v) is 12.6. The fourth-order valence-electron chi connectivity index (χ4n) is 3.83. The van der Waals surface area contributed by atoms with Gasteiger partial charge in [0, 0.05) is 24.9 Å². The van der Waals surface area contributed by atoms with Gasteiger partial charge in [0.15, 0.2) is 0 Å². The Morgan fingerprint density at radius 2 is 2.10 bits per heavy atom. The van der Waals surface area contributed by atoms with E-state index in [-0.39, 0.29) is 12.0 Å². The molecular formula is C17H25N3O. The van der Waals surface area contributed by atoms with Crippen LogP contribution in [0.5, 0.6) is 0 Å². The summed E-state index contributed by atoms with van der Waals surface area (Å²) in [5, 5.41) is 0. The van der Waals surface area contributed by atoms with Crippen molar-refractivity contribution in [3.8, 4) is 0 Å². The van der Waals surface area contributed by atoms with E-state index in [0.717, 1.165) is 51.6 Å². The van der Waals surface area contributed by atoms with E-state index in [9.17, 15) is 4.79 Å². The van der Waals surface area contributed by atoms with Gasteiger partial charge in [0.25, 0.3) is 0 Å². The minimum Gasteiger partial charge on any atom is -0.335 e. The Morgan fingerprint density at radius 1 is 1.29 bits per heavy atom. The van der Waals surface area contributed by atoms with Crippen LogP contribution in [0, 0.1) is 11.8 Å². The van der Waals surface area contributed by atoms with Crippen molar-refractivity contribution < 1.29 is 4.79 Å². The fourth-order valence-corrected chi connectivity index (χ4v) is 3.83. The molecule has 1 saturated heterocycles. The molecule has 1 unspecified atom stereocenters. The van der Waals surface area contributed by atoms with Crippen molar-refractivity contribution in [2.75, 3.05) is 13.1 Å². The van der Waals surface area contributed by atoms with Gasteiger partial charge in [-0.2, -0.15) is 0 Å². The van der Waals surface area contributed by atoms with Gasteiger partial charge >= 0.3 is 0 Å². The predicted molar refractivity (Wildman–Crippen MR) is 82.4 cm³/mol. The summed E-state index contributed by atoms with van der Waals surface area (Å²) in [7, 11) is 0. The predicted octanol–water partition coefficient (Wildman–Crippen LogP) is 2.51. The first kappa shape index (κ1) is 14.5. The lowest BCUT2D eigenvalue weighted by atomic mass is 9.81. The molecule has 0 bridgehead atoms. The molecule has 2 aliphatic rings. The van der Waals surface area contributed by atoms with Crippen LogP contribution >= 0.6 is 0 Å². The van der Waals surface area contributed by atoms with Gasteiger partial charge in [0.1, 0.15) is 0 Å². The molecule has 1 aromatic rings. The summed E-state index contributed by atoms with van der Waals surface area (Å²) in [5.74, 6) is 1.20. The molecule has 1 saturated carbocycles. The first-order valence-electron chi connectivity index (χ1n) is 8.20. The molecule has 4 nitrogen and oxygen atoms in total. The van der Waals surface area contributed by atoms with Crippen LogP contribution in [0.25, 0.3) is 0 Å². The molecule has 2 fully saturated rings. The van der Waals surface area contributed by atoms with Crippen LogP contribution in [0.1, 0.15) is 50.1 Å². The Bertz CT molecular complexity index is 468. The number of rotatable bonds is 3. The number of hydrogen-bond donors (Lipinski definition) is 1. The average molecular weight is 287 g/mol. The van der Waals surface area contributed by atoms with Crippen LogP contribution in [0.3, 0.4) is 0 Å². The third-order valence-corrected chi connectivity index (χ3v) is 5.13. The highest BCUT2D eigenvalue weighted by atomic mass is 16.2. The van der Waals surface area contributed by atoms with Gasteiger partial charge in [0.2, 0.25) is 5.91 Å². The lowest BCUT2D eigenvalue weighted by Crippen LogP contribution is -2.38. The molecule has 4 heteroatoms. The smallest absolute Gasteiger partial charge is 0.226 e. The summed E-state index contributed by atoms with van der Waals surface area (Å²) in [6.07, 6.45) is 10.1. The van der Waals surface area contributed by atoms with Crippen molar-refractivity contribution in [1.82, 2.24) is 9.88 Å². The highest BCUT2D eigenvalue weighted by Gasteiger charge is 2.35. The van der Waals surface area contributed by atoms with Crippen molar-refractivity contribution in [2.45, 2.75) is 44.6 Å². The van der Waals surface area contributed by atoms with E-state index in [1.54, 1.807) is 6.20 Å². The lowest BCUT2D eigenvalue weighted by molar-refractivity contribution is -0.137. The summed E-state index contributed by atoms with van der Waals surface area (Å²) in [6, 6.07) is 4.29. The minimum atomic E-state index is 0.213. The molecule has 3 rings (SSSR count). The first-order chi connectivity index (χ1) is 10.3. The van der Waals surface area contributed by atoms with Crippen LogP contribution in [0.2, 0.25) is 0 Å². The normalized spacial score (nSPS) is 29.6.